The largest absolute Gasteiger partial charge is 0.338 e. The number of nitro groups is 1. The van der Waals surface area contributed by atoms with Crippen LogP contribution in [-0.2, 0) is 0 Å². The Hall–Kier alpha value is -1.27. The van der Waals surface area contributed by atoms with Crippen molar-refractivity contribution in [1.29, 1.82) is 0 Å². The van der Waals surface area contributed by atoms with Crippen molar-refractivity contribution in [2.24, 2.45) is 0 Å². The second kappa shape index (κ2) is 6.66. The van der Waals surface area contributed by atoms with Gasteiger partial charge in [-0.05, 0) is 31.6 Å². The highest BCUT2D eigenvalue weighted by molar-refractivity contribution is 7.99. The smallest absolute Gasteiger partial charge is 0.283 e. The Morgan fingerprint density at radius 1 is 1.48 bits per heavy atom. The molecule has 2 unspecified atom stereocenters. The highest BCUT2D eigenvalue weighted by Crippen LogP contribution is 2.33. The number of rotatable bonds is 4. The van der Waals surface area contributed by atoms with Gasteiger partial charge in [0.1, 0.15) is 5.56 Å². The number of hydrogen-bond donors (Lipinski definition) is 0. The van der Waals surface area contributed by atoms with Crippen LogP contribution in [0.15, 0.2) is 18.2 Å². The van der Waals surface area contributed by atoms with Crippen LogP contribution in [0.5, 0.6) is 0 Å². The Balaban J connectivity index is 2.26. The molecule has 1 aliphatic rings. The molecule has 1 fully saturated rings. The number of carbonyl (C=O) groups excluding carboxylic acids is 1. The SMILES string of the molecule is CSC1CCC(N(C)C(=O)c2c(Cl)cccc2[N+](=O)[O-])C1. The zero-order chi connectivity index (χ0) is 15.6. The van der Waals surface area contributed by atoms with Crippen molar-refractivity contribution in [3.63, 3.8) is 0 Å². The summed E-state index contributed by atoms with van der Waals surface area (Å²) >= 11 is 7.82. The van der Waals surface area contributed by atoms with Crippen LogP contribution in [0.2, 0.25) is 5.02 Å². The van der Waals surface area contributed by atoms with E-state index in [1.54, 1.807) is 23.7 Å². The molecular formula is C14H17ClN2O3S. The van der Waals surface area contributed by atoms with Gasteiger partial charge in [-0.25, -0.2) is 0 Å². The van der Waals surface area contributed by atoms with Crippen molar-refractivity contribution < 1.29 is 9.72 Å². The van der Waals surface area contributed by atoms with E-state index in [9.17, 15) is 14.9 Å². The normalized spacial score (nSPS) is 21.3. The molecule has 114 valence electrons. The Morgan fingerprint density at radius 3 is 2.76 bits per heavy atom. The maximum atomic E-state index is 12.6. The molecule has 5 nitrogen and oxygen atoms in total. The minimum absolute atomic E-state index is 0.0146. The first-order valence-corrected chi connectivity index (χ1v) is 8.35. The van der Waals surface area contributed by atoms with Crippen molar-refractivity contribution in [2.75, 3.05) is 13.3 Å². The van der Waals surface area contributed by atoms with Gasteiger partial charge >= 0.3 is 0 Å². The topological polar surface area (TPSA) is 63.5 Å². The van der Waals surface area contributed by atoms with E-state index in [0.717, 1.165) is 19.3 Å². The monoisotopic (exact) mass is 328 g/mol. The van der Waals surface area contributed by atoms with E-state index in [1.165, 1.54) is 18.2 Å². The first kappa shape index (κ1) is 16.1. The summed E-state index contributed by atoms with van der Waals surface area (Å²) in [5.41, 5.74) is -0.252. The summed E-state index contributed by atoms with van der Waals surface area (Å²) in [5, 5.41) is 11.8. The van der Waals surface area contributed by atoms with Gasteiger partial charge < -0.3 is 4.90 Å². The number of benzene rings is 1. The summed E-state index contributed by atoms with van der Waals surface area (Å²) in [4.78, 5) is 24.7. The lowest BCUT2D eigenvalue weighted by atomic mass is 10.1. The lowest BCUT2D eigenvalue weighted by Crippen LogP contribution is -2.36. The number of carbonyl (C=O) groups is 1. The average Bonchev–Trinajstić information content (AvgIpc) is 2.94. The van der Waals surface area contributed by atoms with Gasteiger partial charge in [-0.2, -0.15) is 11.8 Å². The zero-order valence-corrected chi connectivity index (χ0v) is 13.5. The summed E-state index contributed by atoms with van der Waals surface area (Å²) in [6.07, 6.45) is 4.97. The molecule has 7 heteroatoms. The number of halogens is 1. The molecule has 1 aliphatic carbocycles. The Bertz CT molecular complexity index is 567. The Kier molecular flexibility index (Phi) is 5.11. The molecule has 0 spiro atoms. The number of thioether (sulfide) groups is 1. The molecule has 1 aromatic rings. The number of nitrogens with zero attached hydrogens (tertiary/aromatic N) is 2. The van der Waals surface area contributed by atoms with Gasteiger partial charge in [0.15, 0.2) is 0 Å². The first-order chi connectivity index (χ1) is 9.95. The maximum Gasteiger partial charge on any atom is 0.283 e. The molecule has 1 aromatic carbocycles. The molecule has 0 bridgehead atoms. The van der Waals surface area contributed by atoms with Gasteiger partial charge in [0, 0.05) is 24.4 Å². The number of amides is 1. The molecule has 0 aromatic heterocycles. The van der Waals surface area contributed by atoms with Gasteiger partial charge in [-0.1, -0.05) is 17.7 Å². The molecule has 0 radical (unpaired) electrons. The van der Waals surface area contributed by atoms with E-state index in [-0.39, 0.29) is 28.2 Å². The summed E-state index contributed by atoms with van der Waals surface area (Å²) in [7, 11) is 1.70. The third kappa shape index (κ3) is 3.32. The zero-order valence-electron chi connectivity index (χ0n) is 11.9. The fourth-order valence-corrected chi connectivity index (χ4v) is 3.74. The highest BCUT2D eigenvalue weighted by atomic mass is 35.5. The molecular weight excluding hydrogens is 312 g/mol. The second-order valence-electron chi connectivity index (χ2n) is 5.13. The van der Waals surface area contributed by atoms with Crippen molar-refractivity contribution in [1.82, 2.24) is 4.90 Å². The van der Waals surface area contributed by atoms with Gasteiger partial charge in [0.2, 0.25) is 0 Å². The van der Waals surface area contributed by atoms with Crippen LogP contribution < -0.4 is 0 Å². The second-order valence-corrected chi connectivity index (χ2v) is 6.68. The minimum Gasteiger partial charge on any atom is -0.338 e. The van der Waals surface area contributed by atoms with Gasteiger partial charge in [0.25, 0.3) is 11.6 Å². The molecule has 1 amide bonds. The van der Waals surface area contributed by atoms with Crippen molar-refractivity contribution in [3.05, 3.63) is 38.9 Å². The van der Waals surface area contributed by atoms with Crippen LogP contribution in [0.4, 0.5) is 5.69 Å². The van der Waals surface area contributed by atoms with Gasteiger partial charge in [-0.15, -0.1) is 0 Å². The van der Waals surface area contributed by atoms with Gasteiger partial charge in [0.05, 0.1) is 9.95 Å². The molecule has 0 N–H and O–H groups in total. The Labute approximate surface area is 132 Å². The average molecular weight is 329 g/mol. The van der Waals surface area contributed by atoms with Crippen molar-refractivity contribution >= 4 is 35.0 Å². The third-order valence-electron chi connectivity index (χ3n) is 3.96. The minimum atomic E-state index is -0.563. The van der Waals surface area contributed by atoms with E-state index in [0.29, 0.717) is 5.25 Å². The molecule has 0 heterocycles. The van der Waals surface area contributed by atoms with Crippen LogP contribution in [0.3, 0.4) is 0 Å². The van der Waals surface area contributed by atoms with E-state index >= 15 is 0 Å². The summed E-state index contributed by atoms with van der Waals surface area (Å²) in [5.74, 6) is -0.376. The first-order valence-electron chi connectivity index (χ1n) is 6.68. The molecule has 2 atom stereocenters. The van der Waals surface area contributed by atoms with E-state index < -0.39 is 4.92 Å². The van der Waals surface area contributed by atoms with Crippen LogP contribution in [-0.4, -0.2) is 40.3 Å². The summed E-state index contributed by atoms with van der Waals surface area (Å²) in [6.45, 7) is 0. The molecule has 0 saturated heterocycles. The van der Waals surface area contributed by atoms with Gasteiger partial charge in [-0.3, -0.25) is 14.9 Å². The Morgan fingerprint density at radius 2 is 2.19 bits per heavy atom. The highest BCUT2D eigenvalue weighted by Gasteiger charge is 2.33. The van der Waals surface area contributed by atoms with E-state index in [2.05, 4.69) is 6.26 Å². The van der Waals surface area contributed by atoms with Crippen LogP contribution >= 0.6 is 23.4 Å². The molecule has 2 rings (SSSR count). The lowest BCUT2D eigenvalue weighted by Gasteiger charge is -2.25. The molecule has 21 heavy (non-hydrogen) atoms. The fourth-order valence-electron chi connectivity index (χ4n) is 2.70. The van der Waals surface area contributed by atoms with E-state index in [4.69, 9.17) is 11.6 Å². The summed E-state index contributed by atoms with van der Waals surface area (Å²) < 4.78 is 0. The lowest BCUT2D eigenvalue weighted by molar-refractivity contribution is -0.385. The quantitative estimate of drug-likeness (QED) is 0.625. The van der Waals surface area contributed by atoms with Crippen LogP contribution in [0.25, 0.3) is 0 Å². The molecule has 0 aliphatic heterocycles. The standard InChI is InChI=1S/C14H17ClN2O3S/c1-16(9-6-7-10(8-9)21-2)14(18)13-11(15)4-3-5-12(13)17(19)20/h3-5,9-10H,6-8H2,1-2H3. The maximum absolute atomic E-state index is 12.6. The number of nitro benzene ring substituents is 1. The fraction of sp³-hybridized carbons (Fsp3) is 0.500. The summed E-state index contributed by atoms with van der Waals surface area (Å²) in [6, 6.07) is 4.42. The van der Waals surface area contributed by atoms with Crippen LogP contribution in [0, 0.1) is 10.1 Å². The molecule has 1 saturated carbocycles. The number of hydrogen-bond acceptors (Lipinski definition) is 4. The predicted molar refractivity (Wildman–Crippen MR) is 85.1 cm³/mol. The third-order valence-corrected chi connectivity index (χ3v) is 5.37. The van der Waals surface area contributed by atoms with Crippen LogP contribution in [0.1, 0.15) is 29.6 Å². The van der Waals surface area contributed by atoms with Crippen molar-refractivity contribution in [2.45, 2.75) is 30.6 Å². The van der Waals surface area contributed by atoms with E-state index in [1.807, 2.05) is 0 Å². The predicted octanol–water partition coefficient (Wildman–Crippen LogP) is 3.60. The van der Waals surface area contributed by atoms with Crippen molar-refractivity contribution in [3.8, 4) is 0 Å².